The predicted octanol–water partition coefficient (Wildman–Crippen LogP) is 2.51. The first-order valence-electron chi connectivity index (χ1n) is 6.82. The third-order valence-corrected chi connectivity index (χ3v) is 3.75. The lowest BCUT2D eigenvalue weighted by atomic mass is 10.1. The second kappa shape index (κ2) is 6.76. The van der Waals surface area contributed by atoms with Crippen molar-refractivity contribution in [2.45, 2.75) is 31.8 Å². The van der Waals surface area contributed by atoms with E-state index in [2.05, 4.69) is 5.32 Å². The van der Waals surface area contributed by atoms with Gasteiger partial charge >= 0.3 is 0 Å². The third-order valence-electron chi connectivity index (χ3n) is 3.75. The molecule has 1 aromatic carbocycles. The zero-order valence-electron chi connectivity index (χ0n) is 11.1. The Bertz CT molecular complexity index is 344. The second-order valence-corrected chi connectivity index (χ2v) is 5.10. The number of rotatable bonds is 6. The van der Waals surface area contributed by atoms with Crippen LogP contribution in [0.2, 0.25) is 0 Å². The zero-order chi connectivity index (χ0) is 12.8. The summed E-state index contributed by atoms with van der Waals surface area (Å²) in [5.74, 6) is 1.64. The number of methoxy groups -OCH3 is 1. The number of aliphatic hydroxyl groups excluding tert-OH is 1. The summed E-state index contributed by atoms with van der Waals surface area (Å²) < 4.78 is 5.10. The maximum Gasteiger partial charge on any atom is 0.118 e. The van der Waals surface area contributed by atoms with Gasteiger partial charge in [0.1, 0.15) is 5.75 Å². The van der Waals surface area contributed by atoms with Gasteiger partial charge in [0.2, 0.25) is 0 Å². The minimum Gasteiger partial charge on any atom is -0.497 e. The molecule has 2 rings (SSSR count). The van der Waals surface area contributed by atoms with E-state index in [1.165, 1.54) is 25.7 Å². The molecule has 0 saturated heterocycles. The molecule has 18 heavy (non-hydrogen) atoms. The summed E-state index contributed by atoms with van der Waals surface area (Å²) in [6.45, 7) is 1.66. The Morgan fingerprint density at radius 2 is 1.94 bits per heavy atom. The molecule has 0 aliphatic heterocycles. The number of hydrogen-bond acceptors (Lipinski definition) is 3. The van der Waals surface area contributed by atoms with Crippen molar-refractivity contribution in [2.24, 2.45) is 5.92 Å². The molecule has 1 unspecified atom stereocenters. The van der Waals surface area contributed by atoms with E-state index in [-0.39, 0.29) is 0 Å². The van der Waals surface area contributed by atoms with E-state index < -0.39 is 6.10 Å². The summed E-state index contributed by atoms with van der Waals surface area (Å²) in [6.07, 6.45) is 4.98. The lowest BCUT2D eigenvalue weighted by molar-refractivity contribution is 0.172. The summed E-state index contributed by atoms with van der Waals surface area (Å²) in [5, 5.41) is 13.4. The highest BCUT2D eigenvalue weighted by atomic mass is 16.5. The Morgan fingerprint density at radius 3 is 2.56 bits per heavy atom. The van der Waals surface area contributed by atoms with Crippen LogP contribution in [0.5, 0.6) is 5.75 Å². The first-order valence-corrected chi connectivity index (χ1v) is 6.82. The molecule has 0 radical (unpaired) electrons. The lowest BCUT2D eigenvalue weighted by Gasteiger charge is -2.15. The first-order chi connectivity index (χ1) is 8.79. The van der Waals surface area contributed by atoms with Gasteiger partial charge in [-0.1, -0.05) is 25.0 Å². The fourth-order valence-corrected chi connectivity index (χ4v) is 2.58. The van der Waals surface area contributed by atoms with Crippen molar-refractivity contribution in [2.75, 3.05) is 20.2 Å². The Labute approximate surface area is 109 Å². The summed E-state index contributed by atoms with van der Waals surface area (Å²) in [7, 11) is 1.65. The van der Waals surface area contributed by atoms with Crippen molar-refractivity contribution in [3.05, 3.63) is 29.8 Å². The van der Waals surface area contributed by atoms with Crippen LogP contribution in [0.25, 0.3) is 0 Å². The minimum absolute atomic E-state index is 0.433. The normalized spacial score (nSPS) is 17.9. The predicted molar refractivity (Wildman–Crippen MR) is 72.8 cm³/mol. The number of benzene rings is 1. The van der Waals surface area contributed by atoms with Gasteiger partial charge in [0.15, 0.2) is 0 Å². The van der Waals surface area contributed by atoms with Gasteiger partial charge in [-0.2, -0.15) is 0 Å². The highest BCUT2D eigenvalue weighted by molar-refractivity contribution is 5.28. The van der Waals surface area contributed by atoms with Crippen molar-refractivity contribution in [1.29, 1.82) is 0 Å². The topological polar surface area (TPSA) is 41.5 Å². The van der Waals surface area contributed by atoms with Crippen molar-refractivity contribution in [3.8, 4) is 5.75 Å². The zero-order valence-corrected chi connectivity index (χ0v) is 11.1. The van der Waals surface area contributed by atoms with Crippen LogP contribution in [0, 0.1) is 5.92 Å². The first kappa shape index (κ1) is 13.4. The van der Waals surface area contributed by atoms with E-state index in [4.69, 9.17) is 4.74 Å². The van der Waals surface area contributed by atoms with Crippen LogP contribution in [-0.4, -0.2) is 25.3 Å². The van der Waals surface area contributed by atoms with E-state index in [0.717, 1.165) is 23.8 Å². The highest BCUT2D eigenvalue weighted by Gasteiger charge is 2.15. The lowest BCUT2D eigenvalue weighted by Crippen LogP contribution is -2.26. The van der Waals surface area contributed by atoms with Crippen LogP contribution in [0.3, 0.4) is 0 Å². The molecule has 0 heterocycles. The van der Waals surface area contributed by atoms with E-state index in [0.29, 0.717) is 6.54 Å². The molecule has 0 spiro atoms. The van der Waals surface area contributed by atoms with Gasteiger partial charge in [-0.3, -0.25) is 0 Å². The van der Waals surface area contributed by atoms with Crippen LogP contribution in [0.4, 0.5) is 0 Å². The molecule has 1 aliphatic rings. The maximum absolute atomic E-state index is 10.1. The van der Waals surface area contributed by atoms with Crippen molar-refractivity contribution < 1.29 is 9.84 Å². The van der Waals surface area contributed by atoms with Crippen LogP contribution >= 0.6 is 0 Å². The molecule has 1 fully saturated rings. The molecule has 1 aliphatic carbocycles. The molecule has 1 saturated carbocycles. The van der Waals surface area contributed by atoms with E-state index in [9.17, 15) is 5.11 Å². The molecule has 2 N–H and O–H groups in total. The minimum atomic E-state index is -0.433. The van der Waals surface area contributed by atoms with Crippen LogP contribution in [0.1, 0.15) is 37.4 Å². The van der Waals surface area contributed by atoms with Crippen molar-refractivity contribution >= 4 is 0 Å². The Kier molecular flexibility index (Phi) is 5.02. The fourth-order valence-electron chi connectivity index (χ4n) is 2.58. The van der Waals surface area contributed by atoms with Gasteiger partial charge in [0.25, 0.3) is 0 Å². The quantitative estimate of drug-likeness (QED) is 0.814. The summed E-state index contributed by atoms with van der Waals surface area (Å²) >= 11 is 0. The number of ether oxygens (including phenoxy) is 1. The Balaban J connectivity index is 1.74. The monoisotopic (exact) mass is 249 g/mol. The Morgan fingerprint density at radius 1 is 1.28 bits per heavy atom. The average molecular weight is 249 g/mol. The molecule has 100 valence electrons. The average Bonchev–Trinajstić information content (AvgIpc) is 2.92. The molecule has 3 nitrogen and oxygen atoms in total. The summed E-state index contributed by atoms with van der Waals surface area (Å²) in [4.78, 5) is 0. The van der Waals surface area contributed by atoms with Crippen molar-refractivity contribution in [3.63, 3.8) is 0 Å². The molecule has 1 aromatic rings. The maximum atomic E-state index is 10.1. The molecular formula is C15H23NO2. The number of nitrogens with one attached hydrogen (secondary N) is 1. The van der Waals surface area contributed by atoms with Crippen LogP contribution in [0.15, 0.2) is 24.3 Å². The summed E-state index contributed by atoms with van der Waals surface area (Å²) in [5.41, 5.74) is 0.940. The molecular weight excluding hydrogens is 226 g/mol. The number of aliphatic hydroxyl groups is 1. The molecule has 1 atom stereocenters. The third kappa shape index (κ3) is 3.72. The van der Waals surface area contributed by atoms with E-state index in [1.54, 1.807) is 7.11 Å². The molecule has 3 heteroatoms. The van der Waals surface area contributed by atoms with Gasteiger partial charge in [-0.05, 0) is 43.0 Å². The number of hydrogen-bond donors (Lipinski definition) is 2. The SMILES string of the molecule is COc1ccc(C(O)CNCC2CCCC2)cc1. The molecule has 0 aromatic heterocycles. The van der Waals surface area contributed by atoms with Gasteiger partial charge in [0, 0.05) is 6.54 Å². The van der Waals surface area contributed by atoms with Crippen molar-refractivity contribution in [1.82, 2.24) is 5.32 Å². The highest BCUT2D eigenvalue weighted by Crippen LogP contribution is 2.24. The largest absolute Gasteiger partial charge is 0.497 e. The van der Waals surface area contributed by atoms with Gasteiger partial charge < -0.3 is 15.2 Å². The van der Waals surface area contributed by atoms with Gasteiger partial charge in [-0.15, -0.1) is 0 Å². The molecule has 0 bridgehead atoms. The van der Waals surface area contributed by atoms with Crippen LogP contribution in [-0.2, 0) is 0 Å². The molecule has 0 amide bonds. The van der Waals surface area contributed by atoms with Crippen LogP contribution < -0.4 is 10.1 Å². The van der Waals surface area contributed by atoms with E-state index >= 15 is 0 Å². The smallest absolute Gasteiger partial charge is 0.118 e. The summed E-state index contributed by atoms with van der Waals surface area (Å²) in [6, 6.07) is 7.60. The Hall–Kier alpha value is -1.06. The van der Waals surface area contributed by atoms with E-state index in [1.807, 2.05) is 24.3 Å². The standard InChI is InChI=1S/C15H23NO2/c1-18-14-8-6-13(7-9-14)15(17)11-16-10-12-4-2-3-5-12/h6-9,12,15-17H,2-5,10-11H2,1H3. The van der Waals surface area contributed by atoms with Gasteiger partial charge in [-0.25, -0.2) is 0 Å². The fraction of sp³-hybridized carbons (Fsp3) is 0.600. The van der Waals surface area contributed by atoms with Gasteiger partial charge in [0.05, 0.1) is 13.2 Å². The second-order valence-electron chi connectivity index (χ2n) is 5.10.